The highest BCUT2D eigenvalue weighted by Crippen LogP contribution is 2.31. The van der Waals surface area contributed by atoms with E-state index in [1.807, 2.05) is 0 Å². The van der Waals surface area contributed by atoms with Crippen molar-refractivity contribution < 1.29 is 23.5 Å². The third kappa shape index (κ3) is 4.49. The van der Waals surface area contributed by atoms with E-state index in [-0.39, 0.29) is 30.3 Å². The number of imide groups is 1. The van der Waals surface area contributed by atoms with Crippen LogP contribution in [0.15, 0.2) is 54.2 Å². The van der Waals surface area contributed by atoms with Crippen molar-refractivity contribution in [2.24, 2.45) is 0 Å². The minimum absolute atomic E-state index is 0.102. The molecule has 0 bridgehead atoms. The Morgan fingerprint density at radius 2 is 1.62 bits per heavy atom. The van der Waals surface area contributed by atoms with E-state index in [2.05, 4.69) is 10.6 Å². The molecule has 0 unspecified atom stereocenters. The molecule has 2 aromatic rings. The maximum atomic E-state index is 13.2. The number of nitrogens with zero attached hydrogens (tertiary/aromatic N) is 1. The van der Waals surface area contributed by atoms with Gasteiger partial charge in [-0.05, 0) is 42.0 Å². The Hall–Kier alpha value is -3.52. The summed E-state index contributed by atoms with van der Waals surface area (Å²) in [5.41, 5.74) is 1.86. The minimum Gasteiger partial charge on any atom is -0.383 e. The Labute approximate surface area is 167 Å². The fourth-order valence-corrected chi connectivity index (χ4v) is 2.95. The number of hydrogen-bond acceptors (Lipinski definition) is 5. The highest BCUT2D eigenvalue weighted by atomic mass is 19.1. The van der Waals surface area contributed by atoms with E-state index in [9.17, 15) is 18.8 Å². The Bertz CT molecular complexity index is 968. The number of hydrogen-bond donors (Lipinski definition) is 2. The van der Waals surface area contributed by atoms with Crippen molar-refractivity contribution in [1.82, 2.24) is 4.90 Å². The summed E-state index contributed by atoms with van der Waals surface area (Å²) >= 11 is 0. The van der Waals surface area contributed by atoms with Gasteiger partial charge in [-0.1, -0.05) is 12.1 Å². The first-order chi connectivity index (χ1) is 13.9. The number of benzene rings is 2. The molecule has 0 aromatic heterocycles. The van der Waals surface area contributed by atoms with Crippen LogP contribution < -0.4 is 10.6 Å². The van der Waals surface area contributed by atoms with Crippen molar-refractivity contribution in [3.63, 3.8) is 0 Å². The van der Waals surface area contributed by atoms with E-state index in [0.29, 0.717) is 16.9 Å². The van der Waals surface area contributed by atoms with Gasteiger partial charge in [0.25, 0.3) is 11.8 Å². The summed E-state index contributed by atoms with van der Waals surface area (Å²) in [6, 6.07) is 12.1. The van der Waals surface area contributed by atoms with E-state index in [1.54, 1.807) is 24.3 Å². The lowest BCUT2D eigenvalue weighted by atomic mass is 10.0. The van der Waals surface area contributed by atoms with Crippen molar-refractivity contribution in [1.29, 1.82) is 0 Å². The number of methoxy groups -OCH3 is 1. The summed E-state index contributed by atoms with van der Waals surface area (Å²) in [6.45, 7) is 1.71. The maximum absolute atomic E-state index is 13.2. The molecule has 0 fully saturated rings. The number of carbonyl (C=O) groups excluding carboxylic acids is 3. The Morgan fingerprint density at radius 3 is 2.21 bits per heavy atom. The number of halogens is 1. The van der Waals surface area contributed by atoms with Crippen LogP contribution in [0.4, 0.5) is 15.8 Å². The molecule has 1 aliphatic heterocycles. The van der Waals surface area contributed by atoms with Crippen molar-refractivity contribution in [3.05, 3.63) is 65.6 Å². The second-order valence-electron chi connectivity index (χ2n) is 6.40. The van der Waals surface area contributed by atoms with Gasteiger partial charge in [-0.25, -0.2) is 4.39 Å². The third-order valence-electron chi connectivity index (χ3n) is 4.29. The first-order valence-electron chi connectivity index (χ1n) is 8.90. The number of nitrogens with one attached hydrogen (secondary N) is 2. The molecule has 8 heteroatoms. The van der Waals surface area contributed by atoms with Gasteiger partial charge in [0, 0.05) is 25.4 Å². The smallest absolute Gasteiger partial charge is 0.278 e. The topological polar surface area (TPSA) is 87.7 Å². The van der Waals surface area contributed by atoms with E-state index in [4.69, 9.17) is 4.74 Å². The highest BCUT2D eigenvalue weighted by Gasteiger charge is 2.38. The van der Waals surface area contributed by atoms with Gasteiger partial charge < -0.3 is 15.4 Å². The van der Waals surface area contributed by atoms with Gasteiger partial charge in [-0.3, -0.25) is 19.3 Å². The van der Waals surface area contributed by atoms with Gasteiger partial charge in [-0.15, -0.1) is 0 Å². The molecular formula is C21H20FN3O4. The summed E-state index contributed by atoms with van der Waals surface area (Å²) in [7, 11) is 1.48. The van der Waals surface area contributed by atoms with Crippen LogP contribution in [0.3, 0.4) is 0 Å². The quantitative estimate of drug-likeness (QED) is 0.702. The summed E-state index contributed by atoms with van der Waals surface area (Å²) in [5, 5.41) is 5.59. The zero-order valence-electron chi connectivity index (χ0n) is 16.0. The second-order valence-corrected chi connectivity index (χ2v) is 6.40. The molecule has 1 aliphatic rings. The Balaban J connectivity index is 1.99. The zero-order chi connectivity index (χ0) is 21.0. The van der Waals surface area contributed by atoms with Gasteiger partial charge in [0.05, 0.1) is 18.7 Å². The molecule has 2 N–H and O–H groups in total. The number of rotatable bonds is 7. The predicted molar refractivity (Wildman–Crippen MR) is 106 cm³/mol. The van der Waals surface area contributed by atoms with Gasteiger partial charge in [0.1, 0.15) is 11.5 Å². The summed E-state index contributed by atoms with van der Waals surface area (Å²) in [6.07, 6.45) is 0. The van der Waals surface area contributed by atoms with Crippen LogP contribution in [0.5, 0.6) is 0 Å². The lowest BCUT2D eigenvalue weighted by Crippen LogP contribution is -2.35. The van der Waals surface area contributed by atoms with Crippen LogP contribution in [0, 0.1) is 5.82 Å². The van der Waals surface area contributed by atoms with Crippen molar-refractivity contribution in [2.75, 3.05) is 30.9 Å². The molecular weight excluding hydrogens is 377 g/mol. The Kier molecular flexibility index (Phi) is 6.04. The van der Waals surface area contributed by atoms with Crippen molar-refractivity contribution in [2.45, 2.75) is 6.92 Å². The van der Waals surface area contributed by atoms with E-state index < -0.39 is 17.6 Å². The number of ether oxygens (including phenoxy) is 1. The molecule has 0 saturated heterocycles. The fourth-order valence-electron chi connectivity index (χ4n) is 2.95. The van der Waals surface area contributed by atoms with E-state index >= 15 is 0 Å². The fraction of sp³-hybridized carbons (Fsp3) is 0.190. The van der Waals surface area contributed by atoms with Crippen LogP contribution in [0.25, 0.3) is 5.57 Å². The average molecular weight is 397 g/mol. The molecule has 1 heterocycles. The molecule has 0 radical (unpaired) electrons. The van der Waals surface area contributed by atoms with Crippen molar-refractivity contribution in [3.8, 4) is 0 Å². The number of amides is 3. The van der Waals surface area contributed by atoms with Crippen LogP contribution in [0.2, 0.25) is 0 Å². The molecule has 0 atom stereocenters. The SMILES string of the molecule is COCCN1C(=O)C(Nc2ccc(F)cc2)=C(c2ccc(NC(C)=O)cc2)C1=O. The average Bonchev–Trinajstić information content (AvgIpc) is 2.92. The number of carbonyl (C=O) groups is 3. The molecule has 0 saturated carbocycles. The molecule has 3 amide bonds. The largest absolute Gasteiger partial charge is 0.383 e. The molecule has 0 aliphatic carbocycles. The molecule has 29 heavy (non-hydrogen) atoms. The standard InChI is InChI=1S/C21H20FN3O4/c1-13(26)23-16-7-3-14(4-8-16)18-19(24-17-9-5-15(22)6-10-17)21(28)25(20(18)27)11-12-29-2/h3-10,24H,11-12H2,1-2H3,(H,23,26). The zero-order valence-corrected chi connectivity index (χ0v) is 16.0. The molecule has 7 nitrogen and oxygen atoms in total. The van der Waals surface area contributed by atoms with Gasteiger partial charge >= 0.3 is 0 Å². The third-order valence-corrected chi connectivity index (χ3v) is 4.29. The Morgan fingerprint density at radius 1 is 1.00 bits per heavy atom. The summed E-state index contributed by atoms with van der Waals surface area (Å²) in [4.78, 5) is 38.2. The van der Waals surface area contributed by atoms with Crippen molar-refractivity contribution >= 4 is 34.7 Å². The van der Waals surface area contributed by atoms with E-state index in [1.165, 1.54) is 38.3 Å². The van der Waals surface area contributed by atoms with Gasteiger partial charge in [-0.2, -0.15) is 0 Å². The van der Waals surface area contributed by atoms with Crippen LogP contribution in [-0.2, 0) is 19.1 Å². The van der Waals surface area contributed by atoms with Crippen LogP contribution in [0.1, 0.15) is 12.5 Å². The molecule has 3 rings (SSSR count). The normalized spacial score (nSPS) is 13.8. The minimum atomic E-state index is -0.489. The first kappa shape index (κ1) is 20.2. The number of anilines is 2. The maximum Gasteiger partial charge on any atom is 0.278 e. The highest BCUT2D eigenvalue weighted by molar-refractivity contribution is 6.36. The monoisotopic (exact) mass is 397 g/mol. The second kappa shape index (κ2) is 8.66. The van der Waals surface area contributed by atoms with E-state index in [0.717, 1.165) is 4.90 Å². The van der Waals surface area contributed by atoms with Gasteiger partial charge in [0.15, 0.2) is 0 Å². The lowest BCUT2D eigenvalue weighted by molar-refractivity contribution is -0.137. The predicted octanol–water partition coefficient (Wildman–Crippen LogP) is 2.62. The first-order valence-corrected chi connectivity index (χ1v) is 8.90. The van der Waals surface area contributed by atoms with Crippen LogP contribution >= 0.6 is 0 Å². The van der Waals surface area contributed by atoms with Crippen LogP contribution in [-0.4, -0.2) is 42.9 Å². The molecule has 0 spiro atoms. The lowest BCUT2D eigenvalue weighted by Gasteiger charge is -2.14. The van der Waals surface area contributed by atoms with Gasteiger partial charge in [0.2, 0.25) is 5.91 Å². The molecule has 150 valence electrons. The summed E-state index contributed by atoms with van der Waals surface area (Å²) < 4.78 is 18.2. The summed E-state index contributed by atoms with van der Waals surface area (Å²) in [5.74, 6) is -1.57. The molecule has 2 aromatic carbocycles.